The molecule has 0 spiro atoms. The minimum absolute atomic E-state index is 0.308. The molecular weight excluding hydrogens is 468 g/mol. The minimum Gasteiger partial charge on any atom is -0.497 e. The van der Waals surface area contributed by atoms with E-state index in [4.69, 9.17) is 31.2 Å². The quantitative estimate of drug-likeness (QED) is 0.388. The van der Waals surface area contributed by atoms with Crippen LogP contribution in [0.2, 0.25) is 0 Å². The van der Waals surface area contributed by atoms with Crippen LogP contribution in [-0.4, -0.2) is 110 Å². The van der Waals surface area contributed by atoms with Crippen molar-refractivity contribution in [1.82, 2.24) is 19.6 Å². The summed E-state index contributed by atoms with van der Waals surface area (Å²) in [4.78, 5) is 22.3. The van der Waals surface area contributed by atoms with Crippen molar-refractivity contribution in [1.29, 1.82) is 0 Å². The van der Waals surface area contributed by atoms with Gasteiger partial charge in [0.25, 0.3) is 0 Å². The number of allylic oxidation sites excluding steroid dienone is 1. The zero-order valence-corrected chi connectivity index (χ0v) is 21.7. The summed E-state index contributed by atoms with van der Waals surface area (Å²) in [6, 6.07) is 7.48. The first-order valence-corrected chi connectivity index (χ1v) is 12.6. The SMILES string of the molecule is CCOC(=O)C1=C(C)N(CN2CCOCC2)C(=S)N(CN2CCOCC2)C1c1ccc(OC)cc1. The summed E-state index contributed by atoms with van der Waals surface area (Å²) < 4.78 is 22.0. The van der Waals surface area contributed by atoms with Gasteiger partial charge in [0.15, 0.2) is 5.11 Å². The summed E-state index contributed by atoms with van der Waals surface area (Å²) in [5.74, 6) is 0.450. The molecule has 35 heavy (non-hydrogen) atoms. The highest BCUT2D eigenvalue weighted by atomic mass is 32.1. The molecule has 3 heterocycles. The average Bonchev–Trinajstić information content (AvgIpc) is 2.89. The fraction of sp³-hybridized carbons (Fsp3) is 0.600. The van der Waals surface area contributed by atoms with Gasteiger partial charge in [0.2, 0.25) is 0 Å². The van der Waals surface area contributed by atoms with Crippen molar-refractivity contribution in [3.05, 3.63) is 41.1 Å². The molecule has 0 amide bonds. The predicted octanol–water partition coefficient (Wildman–Crippen LogP) is 2.06. The smallest absolute Gasteiger partial charge is 0.338 e. The molecule has 0 saturated carbocycles. The highest BCUT2D eigenvalue weighted by molar-refractivity contribution is 7.80. The molecule has 1 unspecified atom stereocenters. The molecule has 3 aliphatic rings. The van der Waals surface area contributed by atoms with Gasteiger partial charge < -0.3 is 28.7 Å². The van der Waals surface area contributed by atoms with Crippen molar-refractivity contribution in [2.75, 3.05) is 79.7 Å². The summed E-state index contributed by atoms with van der Waals surface area (Å²) in [6.07, 6.45) is 0. The number of morpholine rings is 2. The molecule has 1 aromatic carbocycles. The number of benzene rings is 1. The van der Waals surface area contributed by atoms with Gasteiger partial charge in [0, 0.05) is 31.9 Å². The van der Waals surface area contributed by atoms with Crippen LogP contribution >= 0.6 is 12.2 Å². The third-order valence-corrected chi connectivity index (χ3v) is 7.14. The molecule has 0 N–H and O–H groups in total. The van der Waals surface area contributed by atoms with Crippen molar-refractivity contribution in [2.45, 2.75) is 19.9 Å². The number of carbonyl (C=O) groups is 1. The fourth-order valence-electron chi connectivity index (χ4n) is 4.72. The zero-order chi connectivity index (χ0) is 24.8. The Bertz CT molecular complexity index is 913. The molecule has 0 aliphatic carbocycles. The molecule has 2 saturated heterocycles. The van der Waals surface area contributed by atoms with Crippen LogP contribution in [0.4, 0.5) is 0 Å². The van der Waals surface area contributed by atoms with E-state index in [1.165, 1.54) is 0 Å². The summed E-state index contributed by atoms with van der Waals surface area (Å²) in [5.41, 5.74) is 2.42. The topological polar surface area (TPSA) is 67.0 Å². The minimum atomic E-state index is -0.365. The van der Waals surface area contributed by atoms with Gasteiger partial charge in [0.1, 0.15) is 5.75 Å². The largest absolute Gasteiger partial charge is 0.497 e. The Morgan fingerprint density at radius 2 is 1.57 bits per heavy atom. The Labute approximate surface area is 213 Å². The Balaban J connectivity index is 1.76. The monoisotopic (exact) mass is 504 g/mol. The summed E-state index contributed by atoms with van der Waals surface area (Å²) in [6.45, 7) is 11.4. The van der Waals surface area contributed by atoms with E-state index in [-0.39, 0.29) is 12.0 Å². The molecular formula is C25H36N4O5S. The van der Waals surface area contributed by atoms with E-state index in [9.17, 15) is 4.79 Å². The van der Waals surface area contributed by atoms with E-state index in [2.05, 4.69) is 19.6 Å². The van der Waals surface area contributed by atoms with Crippen LogP contribution in [0.1, 0.15) is 25.5 Å². The fourth-order valence-corrected chi connectivity index (χ4v) is 5.08. The Hall–Kier alpha value is -2.24. The molecule has 1 aromatic rings. The van der Waals surface area contributed by atoms with Crippen molar-refractivity contribution in [3.8, 4) is 5.75 Å². The number of carbonyl (C=O) groups excluding carboxylic acids is 1. The van der Waals surface area contributed by atoms with Gasteiger partial charge in [-0.15, -0.1) is 0 Å². The number of ether oxygens (including phenoxy) is 4. The Morgan fingerprint density at radius 3 is 2.11 bits per heavy atom. The van der Waals surface area contributed by atoms with Crippen LogP contribution < -0.4 is 4.74 Å². The lowest BCUT2D eigenvalue weighted by Gasteiger charge is -2.48. The number of rotatable bonds is 8. The number of nitrogens with zero attached hydrogens (tertiary/aromatic N) is 4. The van der Waals surface area contributed by atoms with Gasteiger partial charge in [-0.05, 0) is 43.8 Å². The van der Waals surface area contributed by atoms with E-state index in [0.717, 1.165) is 43.2 Å². The maximum absolute atomic E-state index is 13.4. The molecule has 0 radical (unpaired) electrons. The van der Waals surface area contributed by atoms with Gasteiger partial charge in [-0.2, -0.15) is 0 Å². The molecule has 3 aliphatic heterocycles. The second kappa shape index (κ2) is 12.1. The molecule has 4 rings (SSSR count). The van der Waals surface area contributed by atoms with Crippen LogP contribution in [0, 0.1) is 0 Å². The van der Waals surface area contributed by atoms with Crippen LogP contribution in [0.15, 0.2) is 35.5 Å². The molecule has 192 valence electrons. The van der Waals surface area contributed by atoms with Crippen LogP contribution in [0.3, 0.4) is 0 Å². The van der Waals surface area contributed by atoms with Crippen LogP contribution in [-0.2, 0) is 19.0 Å². The van der Waals surface area contributed by atoms with E-state index in [0.29, 0.717) is 57.1 Å². The molecule has 1 atom stereocenters. The third-order valence-electron chi connectivity index (χ3n) is 6.68. The van der Waals surface area contributed by atoms with Gasteiger partial charge >= 0.3 is 5.97 Å². The lowest BCUT2D eigenvalue weighted by Crippen LogP contribution is -2.57. The van der Waals surface area contributed by atoms with Crippen LogP contribution in [0.5, 0.6) is 5.75 Å². The molecule has 0 aromatic heterocycles. The van der Waals surface area contributed by atoms with E-state index in [1.807, 2.05) is 38.1 Å². The zero-order valence-electron chi connectivity index (χ0n) is 20.9. The lowest BCUT2D eigenvalue weighted by atomic mass is 9.93. The first kappa shape index (κ1) is 25.8. The lowest BCUT2D eigenvalue weighted by molar-refractivity contribution is -0.139. The van der Waals surface area contributed by atoms with Gasteiger partial charge in [-0.1, -0.05) is 12.1 Å². The number of hydrogen-bond acceptors (Lipinski definition) is 8. The third kappa shape index (κ3) is 5.95. The van der Waals surface area contributed by atoms with Gasteiger partial charge in [-0.25, -0.2) is 4.79 Å². The first-order chi connectivity index (χ1) is 17.0. The maximum Gasteiger partial charge on any atom is 0.338 e. The second-order valence-electron chi connectivity index (χ2n) is 8.82. The Kier molecular flexibility index (Phi) is 8.96. The second-order valence-corrected chi connectivity index (χ2v) is 9.18. The molecule has 9 nitrogen and oxygen atoms in total. The average molecular weight is 505 g/mol. The number of methoxy groups -OCH3 is 1. The van der Waals surface area contributed by atoms with Gasteiger partial charge in [0.05, 0.1) is 65.1 Å². The summed E-state index contributed by atoms with van der Waals surface area (Å²) in [7, 11) is 1.65. The number of hydrogen-bond donors (Lipinski definition) is 0. The number of thiocarbonyl (C=S) groups is 1. The first-order valence-electron chi connectivity index (χ1n) is 12.2. The summed E-state index contributed by atoms with van der Waals surface area (Å²) in [5, 5.41) is 0.703. The highest BCUT2D eigenvalue weighted by Crippen LogP contribution is 2.39. The number of esters is 1. The van der Waals surface area contributed by atoms with Crippen molar-refractivity contribution in [2.24, 2.45) is 0 Å². The summed E-state index contributed by atoms with van der Waals surface area (Å²) >= 11 is 6.12. The molecule has 10 heteroatoms. The van der Waals surface area contributed by atoms with Gasteiger partial charge in [-0.3, -0.25) is 9.80 Å². The molecule has 0 bridgehead atoms. The van der Waals surface area contributed by atoms with Crippen molar-refractivity contribution < 1.29 is 23.7 Å². The molecule has 2 fully saturated rings. The van der Waals surface area contributed by atoms with E-state index < -0.39 is 0 Å². The highest BCUT2D eigenvalue weighted by Gasteiger charge is 2.41. The maximum atomic E-state index is 13.4. The van der Waals surface area contributed by atoms with Crippen molar-refractivity contribution in [3.63, 3.8) is 0 Å². The van der Waals surface area contributed by atoms with E-state index in [1.54, 1.807) is 7.11 Å². The standard InChI is InChI=1S/C25H36N4O5S/c1-4-34-24(30)22-19(2)28(17-26-9-13-32-14-10-26)25(35)29(18-27-11-15-33-16-12-27)23(22)20-5-7-21(31-3)8-6-20/h5-8,23H,4,9-18H2,1-3H3. The van der Waals surface area contributed by atoms with E-state index >= 15 is 0 Å². The van der Waals surface area contributed by atoms with Crippen LogP contribution in [0.25, 0.3) is 0 Å². The predicted molar refractivity (Wildman–Crippen MR) is 136 cm³/mol. The normalized spacial score (nSPS) is 22.5. The van der Waals surface area contributed by atoms with Crippen molar-refractivity contribution >= 4 is 23.3 Å². The Morgan fingerprint density at radius 1 is 1.00 bits per heavy atom.